The summed E-state index contributed by atoms with van der Waals surface area (Å²) in [6.45, 7) is 4.45. The summed E-state index contributed by atoms with van der Waals surface area (Å²) >= 11 is 0. The van der Waals surface area contributed by atoms with Crippen LogP contribution in [0, 0.1) is 12.8 Å². The average Bonchev–Trinajstić information content (AvgIpc) is 2.73. The number of rotatable bonds is 7. The van der Waals surface area contributed by atoms with Crippen LogP contribution in [0.1, 0.15) is 34.3 Å². The largest absolute Gasteiger partial charge is 0.497 e. The van der Waals surface area contributed by atoms with E-state index in [1.54, 1.807) is 7.11 Å². The molecule has 1 aliphatic rings. The Kier molecular flexibility index (Phi) is 6.82. The van der Waals surface area contributed by atoms with Crippen LogP contribution < -0.4 is 10.1 Å². The van der Waals surface area contributed by atoms with Gasteiger partial charge in [0.15, 0.2) is 5.78 Å². The number of Topliss-reactive ketones (excluding diaryl/α,β-unsaturated/α-hetero) is 1. The fraction of sp³-hybridized carbons (Fsp3) is 0.391. The van der Waals surface area contributed by atoms with Gasteiger partial charge in [-0.2, -0.15) is 0 Å². The molecule has 1 heterocycles. The monoisotopic (exact) mass is 380 g/mol. The first kappa shape index (κ1) is 20.1. The van der Waals surface area contributed by atoms with E-state index in [-0.39, 0.29) is 17.6 Å². The molecule has 0 unspecified atom stereocenters. The summed E-state index contributed by atoms with van der Waals surface area (Å²) in [5.74, 6) is 1.10. The number of likely N-dealkylation sites (tertiary alicyclic amines) is 1. The number of benzene rings is 2. The van der Waals surface area contributed by atoms with Crippen LogP contribution >= 0.6 is 0 Å². The normalized spacial score (nSPS) is 15.2. The van der Waals surface area contributed by atoms with Gasteiger partial charge in [0.2, 0.25) is 5.91 Å². The van der Waals surface area contributed by atoms with E-state index >= 15 is 0 Å². The highest BCUT2D eigenvalue weighted by atomic mass is 16.5. The van der Waals surface area contributed by atoms with Crippen LogP contribution in [0.5, 0.6) is 5.75 Å². The van der Waals surface area contributed by atoms with Crippen molar-refractivity contribution in [2.45, 2.75) is 26.3 Å². The van der Waals surface area contributed by atoms with Crippen molar-refractivity contribution in [1.82, 2.24) is 10.2 Å². The number of ketones is 1. The van der Waals surface area contributed by atoms with E-state index in [4.69, 9.17) is 4.74 Å². The van der Waals surface area contributed by atoms with Gasteiger partial charge in [0.05, 0.1) is 13.7 Å². The van der Waals surface area contributed by atoms with Crippen molar-refractivity contribution >= 4 is 11.7 Å². The highest BCUT2D eigenvalue weighted by Gasteiger charge is 2.26. The number of nitrogens with one attached hydrogen (secondary N) is 1. The van der Waals surface area contributed by atoms with Crippen LogP contribution in [0.2, 0.25) is 0 Å². The number of nitrogens with zero attached hydrogens (tertiary/aromatic N) is 1. The molecule has 0 aliphatic carbocycles. The molecule has 2 aromatic rings. The van der Waals surface area contributed by atoms with E-state index in [0.29, 0.717) is 13.1 Å². The highest BCUT2D eigenvalue weighted by molar-refractivity contribution is 5.97. The molecule has 3 rings (SSSR count). The van der Waals surface area contributed by atoms with Gasteiger partial charge in [-0.15, -0.1) is 0 Å². The maximum absolute atomic E-state index is 12.6. The average molecular weight is 380 g/mol. The number of aryl methyl sites for hydroxylation is 1. The molecule has 1 aliphatic heterocycles. The molecule has 5 nitrogen and oxygen atoms in total. The molecule has 0 atom stereocenters. The quantitative estimate of drug-likeness (QED) is 0.750. The number of hydrogen-bond acceptors (Lipinski definition) is 4. The van der Waals surface area contributed by atoms with E-state index < -0.39 is 0 Å². The number of hydrogen-bond donors (Lipinski definition) is 1. The molecular formula is C23H28N2O3. The summed E-state index contributed by atoms with van der Waals surface area (Å²) in [6.07, 6.45) is 1.61. The number of carbonyl (C=O) groups is 2. The van der Waals surface area contributed by atoms with Gasteiger partial charge in [0, 0.05) is 18.0 Å². The Bertz CT molecular complexity index is 792. The lowest BCUT2D eigenvalue weighted by atomic mass is 9.88. The first-order chi connectivity index (χ1) is 13.5. The number of ether oxygens (including phenoxy) is 1. The SMILES string of the molecule is COc1ccc(CNC(=O)CN2CCC(C(=O)c3ccc(C)cc3)CC2)cc1. The molecule has 0 radical (unpaired) electrons. The molecule has 0 aromatic heterocycles. The van der Waals surface area contributed by atoms with Crippen LogP contribution in [0.15, 0.2) is 48.5 Å². The number of carbonyl (C=O) groups excluding carboxylic acids is 2. The second kappa shape index (κ2) is 9.51. The molecule has 2 aromatic carbocycles. The van der Waals surface area contributed by atoms with E-state index in [9.17, 15) is 9.59 Å². The Labute approximate surface area is 166 Å². The van der Waals surface area contributed by atoms with Crippen molar-refractivity contribution in [3.63, 3.8) is 0 Å². The van der Waals surface area contributed by atoms with Gasteiger partial charge in [-0.25, -0.2) is 0 Å². The van der Waals surface area contributed by atoms with Gasteiger partial charge in [0.1, 0.15) is 5.75 Å². The van der Waals surface area contributed by atoms with Crippen LogP contribution in [-0.4, -0.2) is 43.3 Å². The second-order valence-electron chi connectivity index (χ2n) is 7.41. The van der Waals surface area contributed by atoms with Gasteiger partial charge < -0.3 is 10.1 Å². The van der Waals surface area contributed by atoms with E-state index in [0.717, 1.165) is 48.4 Å². The van der Waals surface area contributed by atoms with Crippen LogP contribution in [0.3, 0.4) is 0 Å². The predicted molar refractivity (Wildman–Crippen MR) is 110 cm³/mol. The third kappa shape index (κ3) is 5.42. The summed E-state index contributed by atoms with van der Waals surface area (Å²) < 4.78 is 5.14. The summed E-state index contributed by atoms with van der Waals surface area (Å²) in [5.41, 5.74) is 2.99. The van der Waals surface area contributed by atoms with Crippen molar-refractivity contribution < 1.29 is 14.3 Å². The van der Waals surface area contributed by atoms with Crippen molar-refractivity contribution in [3.8, 4) is 5.75 Å². The third-order valence-electron chi connectivity index (χ3n) is 5.31. The van der Waals surface area contributed by atoms with Gasteiger partial charge in [-0.1, -0.05) is 42.0 Å². The van der Waals surface area contributed by atoms with Crippen molar-refractivity contribution in [1.29, 1.82) is 0 Å². The molecule has 0 spiro atoms. The summed E-state index contributed by atoms with van der Waals surface area (Å²) in [4.78, 5) is 27.0. The first-order valence-corrected chi connectivity index (χ1v) is 9.78. The lowest BCUT2D eigenvalue weighted by Gasteiger charge is -2.30. The van der Waals surface area contributed by atoms with Gasteiger partial charge >= 0.3 is 0 Å². The maximum Gasteiger partial charge on any atom is 0.234 e. The Balaban J connectivity index is 1.41. The molecule has 5 heteroatoms. The molecule has 28 heavy (non-hydrogen) atoms. The maximum atomic E-state index is 12.6. The topological polar surface area (TPSA) is 58.6 Å². The Morgan fingerprint density at radius 3 is 2.29 bits per heavy atom. The minimum atomic E-state index is 0.0131. The number of piperidine rings is 1. The lowest BCUT2D eigenvalue weighted by Crippen LogP contribution is -2.42. The number of amides is 1. The van der Waals surface area contributed by atoms with Gasteiger partial charge in [-0.05, 0) is 50.6 Å². The molecule has 1 fully saturated rings. The fourth-order valence-corrected chi connectivity index (χ4v) is 3.51. The first-order valence-electron chi connectivity index (χ1n) is 9.78. The Hall–Kier alpha value is -2.66. The molecule has 0 saturated carbocycles. The lowest BCUT2D eigenvalue weighted by molar-refractivity contribution is -0.122. The molecular weight excluding hydrogens is 352 g/mol. The summed E-state index contributed by atoms with van der Waals surface area (Å²) in [6, 6.07) is 15.5. The Morgan fingerprint density at radius 1 is 1.04 bits per heavy atom. The standard InChI is InChI=1S/C23H28N2O3/c1-17-3-7-19(8-4-17)23(27)20-11-13-25(14-12-20)16-22(26)24-15-18-5-9-21(28-2)10-6-18/h3-10,20H,11-16H2,1-2H3,(H,24,26). The molecule has 1 saturated heterocycles. The van der Waals surface area contributed by atoms with E-state index in [2.05, 4.69) is 10.2 Å². The van der Waals surface area contributed by atoms with Crippen molar-refractivity contribution in [3.05, 3.63) is 65.2 Å². The molecule has 1 amide bonds. The zero-order chi connectivity index (χ0) is 19.9. The number of methoxy groups -OCH3 is 1. The fourth-order valence-electron chi connectivity index (χ4n) is 3.51. The second-order valence-corrected chi connectivity index (χ2v) is 7.41. The minimum absolute atomic E-state index is 0.0131. The van der Waals surface area contributed by atoms with Crippen molar-refractivity contribution in [2.75, 3.05) is 26.7 Å². The van der Waals surface area contributed by atoms with Crippen LogP contribution in [0.4, 0.5) is 0 Å². The smallest absolute Gasteiger partial charge is 0.234 e. The van der Waals surface area contributed by atoms with Crippen LogP contribution in [-0.2, 0) is 11.3 Å². The predicted octanol–water partition coefficient (Wildman–Crippen LogP) is 3.21. The molecule has 1 N–H and O–H groups in total. The van der Waals surface area contributed by atoms with Gasteiger partial charge in [0.25, 0.3) is 0 Å². The Morgan fingerprint density at radius 2 is 1.68 bits per heavy atom. The summed E-state index contributed by atoms with van der Waals surface area (Å²) in [5, 5.41) is 2.96. The summed E-state index contributed by atoms with van der Waals surface area (Å²) in [7, 11) is 1.63. The third-order valence-corrected chi connectivity index (χ3v) is 5.31. The molecule has 0 bridgehead atoms. The minimum Gasteiger partial charge on any atom is -0.497 e. The van der Waals surface area contributed by atoms with Crippen LogP contribution in [0.25, 0.3) is 0 Å². The van der Waals surface area contributed by atoms with Crippen molar-refractivity contribution in [2.24, 2.45) is 5.92 Å². The van der Waals surface area contributed by atoms with E-state index in [1.165, 1.54) is 0 Å². The van der Waals surface area contributed by atoms with Gasteiger partial charge in [-0.3, -0.25) is 14.5 Å². The zero-order valence-corrected chi connectivity index (χ0v) is 16.6. The highest BCUT2D eigenvalue weighted by Crippen LogP contribution is 2.22. The zero-order valence-electron chi connectivity index (χ0n) is 16.6. The molecule has 148 valence electrons. The van der Waals surface area contributed by atoms with E-state index in [1.807, 2.05) is 55.5 Å².